The first-order valence-electron chi connectivity index (χ1n) is 8.58. The molecule has 3 rings (SSSR count). The van der Waals surface area contributed by atoms with Gasteiger partial charge in [0.25, 0.3) is 5.91 Å². The van der Waals surface area contributed by atoms with Crippen molar-refractivity contribution in [1.82, 2.24) is 24.7 Å². The van der Waals surface area contributed by atoms with Crippen molar-refractivity contribution in [2.24, 2.45) is 5.92 Å². The van der Waals surface area contributed by atoms with Crippen molar-refractivity contribution in [1.29, 1.82) is 0 Å². The zero-order chi connectivity index (χ0) is 17.1. The molecule has 0 aromatic carbocycles. The lowest BCUT2D eigenvalue weighted by Gasteiger charge is -2.32. The molecular formula is C17H25N5O2. The Kier molecular flexibility index (Phi) is 5.08. The van der Waals surface area contributed by atoms with Crippen LogP contribution in [0.3, 0.4) is 0 Å². The van der Waals surface area contributed by atoms with E-state index in [0.29, 0.717) is 18.0 Å². The van der Waals surface area contributed by atoms with E-state index in [4.69, 9.17) is 0 Å². The Labute approximate surface area is 142 Å². The maximum Gasteiger partial charge on any atom is 0.274 e. The predicted molar refractivity (Wildman–Crippen MR) is 89.5 cm³/mol. The molecule has 0 saturated carbocycles. The number of likely N-dealkylation sites (N-methyl/N-ethyl adjacent to an activating group) is 1. The first kappa shape index (κ1) is 16.8. The summed E-state index contributed by atoms with van der Waals surface area (Å²) >= 11 is 0. The molecular weight excluding hydrogens is 306 g/mol. The standard InChI is InChI=1S/C17H25N5O2/c1-13(23)22-6-3-14(12-22)11-15-16(19-5-4-18-15)17(24)21-9-7-20(2)8-10-21/h4-5,14H,3,6-12H2,1-2H3/t14-/m1/s1. The van der Waals surface area contributed by atoms with Crippen molar-refractivity contribution in [3.63, 3.8) is 0 Å². The van der Waals surface area contributed by atoms with Gasteiger partial charge in [-0.1, -0.05) is 0 Å². The average molecular weight is 331 g/mol. The summed E-state index contributed by atoms with van der Waals surface area (Å²) in [5, 5.41) is 0. The molecule has 2 aliphatic heterocycles. The van der Waals surface area contributed by atoms with Gasteiger partial charge in [-0.2, -0.15) is 0 Å². The number of rotatable bonds is 3. The molecule has 7 nitrogen and oxygen atoms in total. The number of nitrogens with zero attached hydrogens (tertiary/aromatic N) is 5. The van der Waals surface area contributed by atoms with Crippen LogP contribution in [0, 0.1) is 5.92 Å². The van der Waals surface area contributed by atoms with Gasteiger partial charge in [-0.05, 0) is 25.8 Å². The molecule has 2 saturated heterocycles. The Morgan fingerprint density at radius 3 is 2.46 bits per heavy atom. The Bertz CT molecular complexity index is 613. The van der Waals surface area contributed by atoms with Crippen LogP contribution < -0.4 is 0 Å². The van der Waals surface area contributed by atoms with E-state index in [0.717, 1.165) is 51.4 Å². The fraction of sp³-hybridized carbons (Fsp3) is 0.647. The Morgan fingerprint density at radius 2 is 1.79 bits per heavy atom. The summed E-state index contributed by atoms with van der Waals surface area (Å²) in [4.78, 5) is 39.0. The van der Waals surface area contributed by atoms with Crippen LogP contribution >= 0.6 is 0 Å². The number of carbonyl (C=O) groups is 2. The maximum absolute atomic E-state index is 12.8. The number of likely N-dealkylation sites (tertiary alicyclic amines) is 1. The lowest BCUT2D eigenvalue weighted by molar-refractivity contribution is -0.127. The van der Waals surface area contributed by atoms with Crippen LogP contribution in [0.4, 0.5) is 0 Å². The van der Waals surface area contributed by atoms with Crippen molar-refractivity contribution in [3.05, 3.63) is 23.8 Å². The number of hydrogen-bond donors (Lipinski definition) is 0. The molecule has 0 spiro atoms. The number of piperazine rings is 1. The molecule has 1 aromatic heterocycles. The lowest BCUT2D eigenvalue weighted by atomic mass is 10.0. The van der Waals surface area contributed by atoms with E-state index in [1.807, 2.05) is 9.80 Å². The van der Waals surface area contributed by atoms with Crippen LogP contribution in [0.5, 0.6) is 0 Å². The molecule has 2 fully saturated rings. The molecule has 1 aromatic rings. The molecule has 0 N–H and O–H groups in total. The van der Waals surface area contributed by atoms with Gasteiger partial charge < -0.3 is 14.7 Å². The summed E-state index contributed by atoms with van der Waals surface area (Å²) in [6.45, 7) is 6.37. The van der Waals surface area contributed by atoms with Crippen LogP contribution in [-0.2, 0) is 11.2 Å². The Hall–Kier alpha value is -2.02. The molecule has 3 heterocycles. The maximum atomic E-state index is 12.8. The minimum absolute atomic E-state index is 0.0207. The molecule has 2 aliphatic rings. The smallest absolute Gasteiger partial charge is 0.274 e. The lowest BCUT2D eigenvalue weighted by Crippen LogP contribution is -2.47. The van der Waals surface area contributed by atoms with Crippen LogP contribution in [-0.4, -0.2) is 82.8 Å². The first-order valence-corrected chi connectivity index (χ1v) is 8.58. The first-order chi connectivity index (χ1) is 11.5. The molecule has 1 atom stereocenters. The highest BCUT2D eigenvalue weighted by Gasteiger charge is 2.28. The van der Waals surface area contributed by atoms with Gasteiger partial charge >= 0.3 is 0 Å². The molecule has 0 radical (unpaired) electrons. The minimum Gasteiger partial charge on any atom is -0.343 e. The van der Waals surface area contributed by atoms with E-state index in [1.165, 1.54) is 0 Å². The molecule has 0 unspecified atom stereocenters. The fourth-order valence-corrected chi connectivity index (χ4v) is 3.41. The molecule has 0 bridgehead atoms. The van der Waals surface area contributed by atoms with Gasteiger partial charge in [0, 0.05) is 58.6 Å². The van der Waals surface area contributed by atoms with E-state index in [1.54, 1.807) is 19.3 Å². The van der Waals surface area contributed by atoms with E-state index in [9.17, 15) is 9.59 Å². The van der Waals surface area contributed by atoms with Crippen molar-refractivity contribution < 1.29 is 9.59 Å². The normalized spacial score (nSPS) is 22.0. The summed E-state index contributed by atoms with van der Waals surface area (Å²) in [6.07, 6.45) is 4.89. The van der Waals surface area contributed by atoms with E-state index < -0.39 is 0 Å². The molecule has 2 amide bonds. The summed E-state index contributed by atoms with van der Waals surface area (Å²) < 4.78 is 0. The second-order valence-corrected chi connectivity index (χ2v) is 6.77. The minimum atomic E-state index is -0.0207. The van der Waals surface area contributed by atoms with Crippen molar-refractivity contribution in [2.75, 3.05) is 46.3 Å². The second kappa shape index (κ2) is 7.25. The second-order valence-electron chi connectivity index (χ2n) is 6.77. The summed E-state index contributed by atoms with van der Waals surface area (Å²) in [5.74, 6) is 0.447. The van der Waals surface area contributed by atoms with E-state index >= 15 is 0 Å². The van der Waals surface area contributed by atoms with E-state index in [-0.39, 0.29) is 11.8 Å². The van der Waals surface area contributed by atoms with Crippen molar-refractivity contribution in [3.8, 4) is 0 Å². The summed E-state index contributed by atoms with van der Waals surface area (Å²) in [7, 11) is 2.07. The number of carbonyl (C=O) groups excluding carboxylic acids is 2. The topological polar surface area (TPSA) is 69.6 Å². The van der Waals surface area contributed by atoms with Gasteiger partial charge in [-0.25, -0.2) is 4.98 Å². The highest BCUT2D eigenvalue weighted by Crippen LogP contribution is 2.21. The molecule has 24 heavy (non-hydrogen) atoms. The molecule has 130 valence electrons. The van der Waals surface area contributed by atoms with Crippen LogP contribution in [0.2, 0.25) is 0 Å². The third kappa shape index (κ3) is 3.72. The predicted octanol–water partition coefficient (Wildman–Crippen LogP) is 0.275. The quantitative estimate of drug-likeness (QED) is 0.795. The number of hydrogen-bond acceptors (Lipinski definition) is 5. The zero-order valence-electron chi connectivity index (χ0n) is 14.4. The van der Waals surface area contributed by atoms with Crippen LogP contribution in [0.25, 0.3) is 0 Å². The van der Waals surface area contributed by atoms with Gasteiger partial charge in [0.2, 0.25) is 5.91 Å². The van der Waals surface area contributed by atoms with Gasteiger partial charge in [0.15, 0.2) is 0 Å². The molecule has 0 aliphatic carbocycles. The largest absolute Gasteiger partial charge is 0.343 e. The van der Waals surface area contributed by atoms with Gasteiger partial charge in [0.1, 0.15) is 5.69 Å². The van der Waals surface area contributed by atoms with Gasteiger partial charge in [0.05, 0.1) is 5.69 Å². The fourth-order valence-electron chi connectivity index (χ4n) is 3.41. The highest BCUT2D eigenvalue weighted by atomic mass is 16.2. The SMILES string of the molecule is CC(=O)N1CC[C@H](Cc2nccnc2C(=O)N2CCN(C)CC2)C1. The third-order valence-electron chi connectivity index (χ3n) is 4.98. The highest BCUT2D eigenvalue weighted by molar-refractivity contribution is 5.93. The molecule has 7 heteroatoms. The van der Waals surface area contributed by atoms with Crippen molar-refractivity contribution in [2.45, 2.75) is 19.8 Å². The van der Waals surface area contributed by atoms with Gasteiger partial charge in [-0.15, -0.1) is 0 Å². The zero-order valence-corrected chi connectivity index (χ0v) is 14.4. The van der Waals surface area contributed by atoms with Crippen LogP contribution in [0.15, 0.2) is 12.4 Å². The van der Waals surface area contributed by atoms with Crippen LogP contribution in [0.1, 0.15) is 29.5 Å². The number of amides is 2. The average Bonchev–Trinajstić information content (AvgIpc) is 3.04. The number of aromatic nitrogens is 2. The van der Waals surface area contributed by atoms with Crippen molar-refractivity contribution >= 4 is 11.8 Å². The van der Waals surface area contributed by atoms with Gasteiger partial charge in [-0.3, -0.25) is 14.6 Å². The summed E-state index contributed by atoms with van der Waals surface area (Å²) in [5.41, 5.74) is 1.24. The summed E-state index contributed by atoms with van der Waals surface area (Å²) in [6, 6.07) is 0. The third-order valence-corrected chi connectivity index (χ3v) is 4.98. The van der Waals surface area contributed by atoms with E-state index in [2.05, 4.69) is 21.9 Å². The Morgan fingerprint density at radius 1 is 1.08 bits per heavy atom. The monoisotopic (exact) mass is 331 g/mol. The Balaban J connectivity index is 1.69.